The summed E-state index contributed by atoms with van der Waals surface area (Å²) in [4.78, 5) is 14.2. The number of aryl methyl sites for hydroxylation is 2. The van der Waals surface area contributed by atoms with Crippen molar-refractivity contribution >= 4 is 15.7 Å². The smallest absolute Gasteiger partial charge is 0.253 e. The van der Waals surface area contributed by atoms with Gasteiger partial charge in [0.05, 0.1) is 10.5 Å². The summed E-state index contributed by atoms with van der Waals surface area (Å²) in [5, 5.41) is -0.542. The third kappa shape index (κ3) is 3.30. The highest BCUT2D eigenvalue weighted by atomic mass is 32.2. The molecule has 2 aliphatic rings. The Morgan fingerprint density at radius 1 is 0.957 bits per heavy atom. The van der Waals surface area contributed by atoms with E-state index in [1.807, 2.05) is 32.0 Å². The predicted molar refractivity (Wildman–Crippen MR) is 91.4 cm³/mol. The molecule has 0 N–H and O–H groups in total. The second-order valence-corrected chi connectivity index (χ2v) is 9.57. The first kappa shape index (κ1) is 16.5. The molecule has 1 saturated carbocycles. The lowest BCUT2D eigenvalue weighted by atomic mass is 10.0. The molecule has 1 amide bonds. The molecule has 5 heteroatoms. The van der Waals surface area contributed by atoms with Gasteiger partial charge in [-0.15, -0.1) is 0 Å². The number of rotatable bonds is 3. The lowest BCUT2D eigenvalue weighted by Crippen LogP contribution is -2.58. The zero-order valence-electron chi connectivity index (χ0n) is 13.9. The Balaban J connectivity index is 1.65. The second kappa shape index (κ2) is 6.27. The number of carbonyl (C=O) groups is 1. The summed E-state index contributed by atoms with van der Waals surface area (Å²) in [6.45, 7) is 4.64. The van der Waals surface area contributed by atoms with Crippen molar-refractivity contribution in [1.82, 2.24) is 4.90 Å². The van der Waals surface area contributed by atoms with Crippen molar-refractivity contribution in [3.63, 3.8) is 0 Å². The normalized spacial score (nSPS) is 20.3. The molecule has 0 spiro atoms. The molecule has 3 rings (SSSR count). The quantitative estimate of drug-likeness (QED) is 0.853. The fourth-order valence-corrected chi connectivity index (χ4v) is 6.07. The molecule has 0 aromatic heterocycles. The monoisotopic (exact) mass is 335 g/mol. The van der Waals surface area contributed by atoms with Crippen LogP contribution in [0.1, 0.15) is 53.6 Å². The molecular weight excluding hydrogens is 310 g/mol. The van der Waals surface area contributed by atoms with Crippen LogP contribution in [0.4, 0.5) is 0 Å². The minimum Gasteiger partial charge on any atom is -0.336 e. The van der Waals surface area contributed by atoms with E-state index in [2.05, 4.69) is 0 Å². The molecule has 0 bridgehead atoms. The number of amides is 1. The van der Waals surface area contributed by atoms with Crippen LogP contribution in [-0.2, 0) is 9.84 Å². The van der Waals surface area contributed by atoms with Crippen molar-refractivity contribution in [2.24, 2.45) is 0 Å². The van der Waals surface area contributed by atoms with Gasteiger partial charge in [-0.2, -0.15) is 0 Å². The lowest BCUT2D eigenvalue weighted by molar-refractivity contribution is 0.0658. The van der Waals surface area contributed by atoms with E-state index in [1.54, 1.807) is 4.90 Å². The largest absolute Gasteiger partial charge is 0.336 e. The minimum absolute atomic E-state index is 0.0492. The number of benzene rings is 1. The number of hydrogen-bond acceptors (Lipinski definition) is 3. The van der Waals surface area contributed by atoms with Gasteiger partial charge in [-0.05, 0) is 38.8 Å². The Labute approximate surface area is 138 Å². The van der Waals surface area contributed by atoms with Crippen molar-refractivity contribution in [3.05, 3.63) is 34.9 Å². The summed E-state index contributed by atoms with van der Waals surface area (Å²) in [7, 11) is -3.08. The van der Waals surface area contributed by atoms with Crippen LogP contribution in [0.25, 0.3) is 0 Å². The molecule has 23 heavy (non-hydrogen) atoms. The SMILES string of the molecule is Cc1cc(C)cc(C(=O)N2CC(S(=O)(=O)C3CCCCC3)C2)c1. The van der Waals surface area contributed by atoms with Crippen molar-refractivity contribution in [3.8, 4) is 0 Å². The highest BCUT2D eigenvalue weighted by Crippen LogP contribution is 2.30. The molecule has 1 aliphatic heterocycles. The van der Waals surface area contributed by atoms with E-state index >= 15 is 0 Å². The fourth-order valence-electron chi connectivity index (χ4n) is 3.76. The Morgan fingerprint density at radius 2 is 1.52 bits per heavy atom. The Bertz CT molecular complexity index is 679. The van der Waals surface area contributed by atoms with Gasteiger partial charge in [0, 0.05) is 18.7 Å². The van der Waals surface area contributed by atoms with Crippen LogP contribution in [0.15, 0.2) is 18.2 Å². The second-order valence-electron chi connectivity index (χ2n) is 7.06. The maximum absolute atomic E-state index is 12.6. The van der Waals surface area contributed by atoms with E-state index in [-0.39, 0.29) is 16.4 Å². The summed E-state index contributed by atoms with van der Waals surface area (Å²) < 4.78 is 25.3. The van der Waals surface area contributed by atoms with E-state index in [0.29, 0.717) is 18.7 Å². The first-order chi connectivity index (χ1) is 10.9. The van der Waals surface area contributed by atoms with Crippen LogP contribution in [0.3, 0.4) is 0 Å². The standard InChI is InChI=1S/C18H25NO3S/c1-13-8-14(2)10-15(9-13)18(20)19-11-17(12-19)23(21,22)16-6-4-3-5-7-16/h8-10,16-17H,3-7,11-12H2,1-2H3. The van der Waals surface area contributed by atoms with Crippen molar-refractivity contribution in [2.45, 2.75) is 56.5 Å². The zero-order chi connectivity index (χ0) is 16.6. The van der Waals surface area contributed by atoms with Crippen LogP contribution >= 0.6 is 0 Å². The third-order valence-corrected chi connectivity index (χ3v) is 7.71. The number of sulfone groups is 1. The van der Waals surface area contributed by atoms with Gasteiger partial charge in [-0.25, -0.2) is 8.42 Å². The third-order valence-electron chi connectivity index (χ3n) is 5.09. The summed E-state index contributed by atoms with van der Waals surface area (Å²) >= 11 is 0. The highest BCUT2D eigenvalue weighted by molar-refractivity contribution is 7.92. The maximum Gasteiger partial charge on any atom is 0.253 e. The number of hydrogen-bond donors (Lipinski definition) is 0. The summed E-state index contributed by atoms with van der Waals surface area (Å²) in [6.07, 6.45) is 4.77. The first-order valence-corrected chi connectivity index (χ1v) is 10.1. The Morgan fingerprint density at radius 3 is 2.09 bits per heavy atom. The maximum atomic E-state index is 12.6. The summed E-state index contributed by atoms with van der Waals surface area (Å²) in [6, 6.07) is 5.78. The number of carbonyl (C=O) groups excluding carboxylic acids is 1. The number of likely N-dealkylation sites (tertiary alicyclic amines) is 1. The Kier molecular flexibility index (Phi) is 4.50. The molecule has 1 aromatic rings. The first-order valence-electron chi connectivity index (χ1n) is 8.48. The molecule has 4 nitrogen and oxygen atoms in total. The van der Waals surface area contributed by atoms with Crippen molar-refractivity contribution in [2.75, 3.05) is 13.1 Å². The minimum atomic E-state index is -3.08. The van der Waals surface area contributed by atoms with E-state index in [1.165, 1.54) is 0 Å². The van der Waals surface area contributed by atoms with Crippen LogP contribution < -0.4 is 0 Å². The number of nitrogens with zero attached hydrogens (tertiary/aromatic N) is 1. The van der Waals surface area contributed by atoms with Crippen molar-refractivity contribution in [1.29, 1.82) is 0 Å². The van der Waals surface area contributed by atoms with Gasteiger partial charge in [0.25, 0.3) is 5.91 Å². The molecule has 1 aliphatic carbocycles. The molecule has 0 radical (unpaired) electrons. The molecule has 1 heterocycles. The van der Waals surface area contributed by atoms with Gasteiger partial charge in [0.1, 0.15) is 0 Å². The summed E-state index contributed by atoms with van der Waals surface area (Å²) in [5.74, 6) is -0.0492. The van der Waals surface area contributed by atoms with Crippen molar-refractivity contribution < 1.29 is 13.2 Å². The summed E-state index contributed by atoms with van der Waals surface area (Å²) in [5.41, 5.74) is 2.77. The average molecular weight is 335 g/mol. The van der Waals surface area contributed by atoms with Gasteiger partial charge in [0.15, 0.2) is 9.84 Å². The molecule has 2 fully saturated rings. The van der Waals surface area contributed by atoms with Crippen LogP contribution in [0.5, 0.6) is 0 Å². The van der Waals surface area contributed by atoms with E-state index in [4.69, 9.17) is 0 Å². The van der Waals surface area contributed by atoms with E-state index in [9.17, 15) is 13.2 Å². The molecular formula is C18H25NO3S. The molecule has 126 valence electrons. The van der Waals surface area contributed by atoms with E-state index in [0.717, 1.165) is 43.2 Å². The molecule has 1 aromatic carbocycles. The fraction of sp³-hybridized carbons (Fsp3) is 0.611. The van der Waals surface area contributed by atoms with Crippen LogP contribution in [0.2, 0.25) is 0 Å². The topological polar surface area (TPSA) is 54.5 Å². The lowest BCUT2D eigenvalue weighted by Gasteiger charge is -2.41. The van der Waals surface area contributed by atoms with Gasteiger partial charge in [-0.3, -0.25) is 4.79 Å². The van der Waals surface area contributed by atoms with Gasteiger partial charge in [-0.1, -0.05) is 36.5 Å². The van der Waals surface area contributed by atoms with Gasteiger partial charge >= 0.3 is 0 Å². The van der Waals surface area contributed by atoms with Crippen LogP contribution in [-0.4, -0.2) is 42.8 Å². The molecule has 1 saturated heterocycles. The Hall–Kier alpha value is -1.36. The average Bonchev–Trinajstić information content (AvgIpc) is 2.45. The zero-order valence-corrected chi connectivity index (χ0v) is 14.7. The molecule has 0 atom stereocenters. The predicted octanol–water partition coefficient (Wildman–Crippen LogP) is 2.88. The van der Waals surface area contributed by atoms with Gasteiger partial charge in [0.2, 0.25) is 0 Å². The van der Waals surface area contributed by atoms with Crippen LogP contribution in [0, 0.1) is 13.8 Å². The highest BCUT2D eigenvalue weighted by Gasteiger charge is 2.43. The van der Waals surface area contributed by atoms with E-state index < -0.39 is 9.84 Å². The molecule has 0 unspecified atom stereocenters. The van der Waals surface area contributed by atoms with Gasteiger partial charge < -0.3 is 4.90 Å².